The number of nitrogen functional groups attached to an aromatic ring is 1. The van der Waals surface area contributed by atoms with E-state index in [0.29, 0.717) is 17.7 Å². The van der Waals surface area contributed by atoms with Gasteiger partial charge in [-0.3, -0.25) is 14.8 Å². The molecule has 8 nitrogen and oxygen atoms in total. The number of phosphoric acid groups is 1. The SMILES string of the molecule is Nc1c(-c2cc(Cc3ccc(CCC4CCCCC4)cc3)no2)ccc[n+]1COP(=O)([O-])O. The van der Waals surface area contributed by atoms with Gasteiger partial charge in [-0.25, -0.2) is 4.57 Å². The summed E-state index contributed by atoms with van der Waals surface area (Å²) in [5.41, 5.74) is 9.97. The lowest BCUT2D eigenvalue weighted by atomic mass is 9.85. The van der Waals surface area contributed by atoms with E-state index in [2.05, 4.69) is 33.9 Å². The number of aromatic nitrogens is 2. The van der Waals surface area contributed by atoms with E-state index < -0.39 is 14.6 Å². The van der Waals surface area contributed by atoms with Crippen molar-refractivity contribution in [2.45, 2.75) is 58.1 Å². The molecule has 1 atom stereocenters. The molecule has 176 valence electrons. The monoisotopic (exact) mass is 471 g/mol. The number of hydrogen-bond donors (Lipinski definition) is 2. The van der Waals surface area contributed by atoms with Gasteiger partial charge in [-0.1, -0.05) is 61.5 Å². The maximum atomic E-state index is 10.9. The summed E-state index contributed by atoms with van der Waals surface area (Å²) in [5.74, 6) is 1.59. The van der Waals surface area contributed by atoms with Gasteiger partial charge in [0, 0.05) is 12.5 Å². The summed E-state index contributed by atoms with van der Waals surface area (Å²) in [6.07, 6.45) is 11.5. The quantitative estimate of drug-likeness (QED) is 0.360. The summed E-state index contributed by atoms with van der Waals surface area (Å²) in [6.45, 7) is -0.439. The van der Waals surface area contributed by atoms with Gasteiger partial charge in [0.15, 0.2) is 12.5 Å². The molecule has 0 radical (unpaired) electrons. The number of nitrogens with two attached hydrogens (primary N) is 1. The summed E-state index contributed by atoms with van der Waals surface area (Å²) in [6, 6.07) is 13.9. The molecule has 1 saturated carbocycles. The van der Waals surface area contributed by atoms with Crippen LogP contribution in [0.3, 0.4) is 0 Å². The number of nitrogens with zero attached hydrogens (tertiary/aromatic N) is 2. The smallest absolute Gasteiger partial charge is 0.285 e. The highest BCUT2D eigenvalue weighted by Gasteiger charge is 2.18. The molecule has 1 unspecified atom stereocenters. The molecule has 1 aromatic carbocycles. The summed E-state index contributed by atoms with van der Waals surface area (Å²) in [7, 11) is -4.85. The molecule has 2 aromatic heterocycles. The second-order valence-electron chi connectivity index (χ2n) is 8.72. The van der Waals surface area contributed by atoms with Gasteiger partial charge in [-0.2, -0.15) is 0 Å². The average Bonchev–Trinajstić information content (AvgIpc) is 3.26. The van der Waals surface area contributed by atoms with Crippen molar-refractivity contribution in [3.63, 3.8) is 0 Å². The van der Waals surface area contributed by atoms with E-state index in [9.17, 15) is 9.46 Å². The van der Waals surface area contributed by atoms with Crippen molar-refractivity contribution in [1.29, 1.82) is 0 Å². The molecule has 3 N–H and O–H groups in total. The first kappa shape index (κ1) is 23.6. The molecule has 2 heterocycles. The Morgan fingerprint density at radius 3 is 2.64 bits per heavy atom. The number of phosphoric ester groups is 1. The highest BCUT2D eigenvalue weighted by molar-refractivity contribution is 7.44. The molecule has 4 rings (SSSR count). The maximum Gasteiger partial charge on any atom is 0.285 e. The third-order valence-corrected chi connectivity index (χ3v) is 6.71. The van der Waals surface area contributed by atoms with E-state index >= 15 is 0 Å². The van der Waals surface area contributed by atoms with Gasteiger partial charge >= 0.3 is 0 Å². The van der Waals surface area contributed by atoms with Gasteiger partial charge in [-0.15, -0.1) is 0 Å². The molecule has 33 heavy (non-hydrogen) atoms. The number of rotatable bonds is 9. The largest absolute Gasteiger partial charge is 0.756 e. The zero-order valence-electron chi connectivity index (χ0n) is 18.6. The predicted molar refractivity (Wildman–Crippen MR) is 122 cm³/mol. The van der Waals surface area contributed by atoms with Crippen molar-refractivity contribution in [3.8, 4) is 11.3 Å². The molecule has 9 heteroatoms. The maximum absolute atomic E-state index is 10.9. The standard InChI is InChI=1S/C24H30N3O5P/c25-24-22(7-4-14-27(24)17-31-33(28,29)30)23-16-21(26-32-23)15-20-12-10-19(11-13-20)9-8-18-5-2-1-3-6-18/h4,7,10-14,16,18,25H,1-3,5-6,8-9,15,17H2,(H2,28,29,30). The first-order chi connectivity index (χ1) is 15.9. The molecular formula is C24H30N3O5P. The number of benzene rings is 1. The number of aryl methyl sites for hydroxylation is 1. The van der Waals surface area contributed by atoms with E-state index in [0.717, 1.165) is 23.6 Å². The van der Waals surface area contributed by atoms with Crippen LogP contribution < -0.4 is 15.2 Å². The Morgan fingerprint density at radius 1 is 1.18 bits per heavy atom. The van der Waals surface area contributed by atoms with Crippen LogP contribution in [-0.2, 0) is 28.7 Å². The summed E-state index contributed by atoms with van der Waals surface area (Å²) < 4.78 is 22.1. The van der Waals surface area contributed by atoms with Gasteiger partial charge in [0.05, 0.1) is 11.9 Å². The lowest BCUT2D eigenvalue weighted by Crippen LogP contribution is -2.38. The fourth-order valence-electron chi connectivity index (χ4n) is 4.42. The number of hydrogen-bond acceptors (Lipinski definition) is 6. The van der Waals surface area contributed by atoms with Crippen LogP contribution in [0.2, 0.25) is 0 Å². The van der Waals surface area contributed by atoms with Gasteiger partial charge in [0.25, 0.3) is 13.6 Å². The fraction of sp³-hybridized carbons (Fsp3) is 0.417. The Hall–Kier alpha value is -2.51. The topological polar surface area (TPSA) is 126 Å². The van der Waals surface area contributed by atoms with Crippen LogP contribution in [0.4, 0.5) is 5.82 Å². The lowest BCUT2D eigenvalue weighted by Gasteiger charge is -2.21. The molecule has 0 saturated heterocycles. The first-order valence-corrected chi connectivity index (χ1v) is 12.9. The van der Waals surface area contributed by atoms with Crippen LogP contribution in [0.1, 0.15) is 55.3 Å². The lowest BCUT2D eigenvalue weighted by molar-refractivity contribution is -0.712. The number of anilines is 1. The van der Waals surface area contributed by atoms with E-state index in [-0.39, 0.29) is 5.82 Å². The highest BCUT2D eigenvalue weighted by Crippen LogP contribution is 2.31. The van der Waals surface area contributed by atoms with Gasteiger partial charge < -0.3 is 14.3 Å². The minimum Gasteiger partial charge on any atom is -0.756 e. The summed E-state index contributed by atoms with van der Waals surface area (Å²) in [4.78, 5) is 19.7. The first-order valence-electron chi connectivity index (χ1n) is 11.4. The van der Waals surface area contributed by atoms with Crippen LogP contribution in [0, 0.1) is 5.92 Å². The van der Waals surface area contributed by atoms with Gasteiger partial charge in [0.1, 0.15) is 5.56 Å². The Bertz CT molecular complexity index is 1100. The minimum atomic E-state index is -4.85. The van der Waals surface area contributed by atoms with Crippen LogP contribution in [0.25, 0.3) is 11.3 Å². The van der Waals surface area contributed by atoms with E-state index in [1.54, 1.807) is 18.3 Å². The zero-order valence-corrected chi connectivity index (χ0v) is 19.5. The van der Waals surface area contributed by atoms with Gasteiger partial charge in [0.2, 0.25) is 0 Å². The third kappa shape index (κ3) is 6.74. The second-order valence-corrected chi connectivity index (χ2v) is 9.92. The molecule has 1 fully saturated rings. The summed E-state index contributed by atoms with van der Waals surface area (Å²) in [5, 5.41) is 4.16. The van der Waals surface area contributed by atoms with E-state index in [4.69, 9.17) is 15.2 Å². The molecular weight excluding hydrogens is 441 g/mol. The fourth-order valence-corrected chi connectivity index (χ4v) is 4.69. The Kier molecular flexibility index (Phi) is 7.60. The van der Waals surface area contributed by atoms with E-state index in [1.165, 1.54) is 48.7 Å². The molecule has 1 aliphatic rings. The predicted octanol–water partition coefficient (Wildman–Crippen LogP) is 3.75. The number of pyridine rings is 1. The normalized spacial score (nSPS) is 16.5. The Balaban J connectivity index is 1.37. The Labute approximate surface area is 193 Å². The van der Waals surface area contributed by atoms with Crippen molar-refractivity contribution < 1.29 is 28.0 Å². The molecule has 0 aliphatic heterocycles. The van der Waals surface area contributed by atoms with Crippen LogP contribution in [-0.4, -0.2) is 10.1 Å². The van der Waals surface area contributed by atoms with Gasteiger partial charge in [-0.05, 0) is 42.0 Å². The van der Waals surface area contributed by atoms with Crippen LogP contribution in [0.15, 0.2) is 53.2 Å². The molecule has 0 spiro atoms. The molecule has 0 bridgehead atoms. The third-order valence-electron chi connectivity index (χ3n) is 6.27. The molecule has 1 aliphatic carbocycles. The van der Waals surface area contributed by atoms with Crippen molar-refractivity contribution >= 4 is 13.6 Å². The van der Waals surface area contributed by atoms with Crippen molar-refractivity contribution in [2.24, 2.45) is 5.92 Å². The minimum absolute atomic E-state index is 0.232. The second kappa shape index (κ2) is 10.6. The zero-order chi connectivity index (χ0) is 23.3. The average molecular weight is 471 g/mol. The van der Waals surface area contributed by atoms with Crippen molar-refractivity contribution in [3.05, 3.63) is 65.5 Å². The van der Waals surface area contributed by atoms with Crippen molar-refractivity contribution in [1.82, 2.24) is 5.16 Å². The van der Waals surface area contributed by atoms with E-state index in [1.807, 2.05) is 6.07 Å². The summed E-state index contributed by atoms with van der Waals surface area (Å²) >= 11 is 0. The highest BCUT2D eigenvalue weighted by atomic mass is 31.2. The van der Waals surface area contributed by atoms with Crippen LogP contribution in [0.5, 0.6) is 0 Å². The Morgan fingerprint density at radius 2 is 1.91 bits per heavy atom. The molecule has 3 aromatic rings. The van der Waals surface area contributed by atoms with Crippen LogP contribution >= 0.6 is 7.82 Å². The van der Waals surface area contributed by atoms with Crippen molar-refractivity contribution in [2.75, 3.05) is 5.73 Å². The molecule has 0 amide bonds.